The van der Waals surface area contributed by atoms with E-state index in [1.54, 1.807) is 0 Å². The van der Waals surface area contributed by atoms with Crippen LogP contribution in [0.1, 0.15) is 52.9 Å². The molecule has 0 saturated carbocycles. The lowest BCUT2D eigenvalue weighted by Crippen LogP contribution is -2.63. The molecule has 0 spiro atoms. The third kappa shape index (κ3) is 2.73. The molecule has 0 amide bonds. The molecule has 2 fully saturated rings. The van der Waals surface area contributed by atoms with E-state index in [0.29, 0.717) is 12.1 Å². The third-order valence-corrected chi connectivity index (χ3v) is 5.09. The molecule has 2 saturated heterocycles. The van der Waals surface area contributed by atoms with Crippen molar-refractivity contribution < 1.29 is 4.74 Å². The third-order valence-electron chi connectivity index (χ3n) is 5.09. The standard InChI is InChI=1S/C15H30N2O/c1-4-14-9-15(11-16,7-8-18-14)17-10-12(2)5-6-13(17)3/h12-14H,4-11,16H2,1-3H3. The number of nitrogens with zero attached hydrogens (tertiary/aromatic N) is 1. The molecule has 0 aromatic rings. The SMILES string of the molecule is CCC1CC(CN)(N2CC(C)CCC2C)CCO1. The summed E-state index contributed by atoms with van der Waals surface area (Å²) in [5.41, 5.74) is 6.40. The van der Waals surface area contributed by atoms with E-state index in [1.165, 1.54) is 19.4 Å². The van der Waals surface area contributed by atoms with Crippen LogP contribution in [0.4, 0.5) is 0 Å². The summed E-state index contributed by atoms with van der Waals surface area (Å²) in [6, 6.07) is 0.681. The summed E-state index contributed by atoms with van der Waals surface area (Å²) >= 11 is 0. The minimum atomic E-state index is 0.201. The smallest absolute Gasteiger partial charge is 0.0590 e. The lowest BCUT2D eigenvalue weighted by Gasteiger charge is -2.53. The van der Waals surface area contributed by atoms with Crippen molar-refractivity contribution in [3.8, 4) is 0 Å². The van der Waals surface area contributed by atoms with Gasteiger partial charge in [-0.25, -0.2) is 0 Å². The Morgan fingerprint density at radius 3 is 2.78 bits per heavy atom. The molecule has 2 aliphatic heterocycles. The van der Waals surface area contributed by atoms with Crippen molar-refractivity contribution in [1.29, 1.82) is 0 Å². The molecule has 3 heteroatoms. The van der Waals surface area contributed by atoms with Gasteiger partial charge < -0.3 is 10.5 Å². The van der Waals surface area contributed by atoms with Gasteiger partial charge in [0.1, 0.15) is 0 Å². The highest BCUT2D eigenvalue weighted by atomic mass is 16.5. The van der Waals surface area contributed by atoms with Gasteiger partial charge >= 0.3 is 0 Å². The minimum absolute atomic E-state index is 0.201. The van der Waals surface area contributed by atoms with Crippen molar-refractivity contribution in [3.63, 3.8) is 0 Å². The highest BCUT2D eigenvalue weighted by molar-refractivity contribution is 4.99. The molecule has 0 aliphatic carbocycles. The summed E-state index contributed by atoms with van der Waals surface area (Å²) in [6.45, 7) is 9.85. The van der Waals surface area contributed by atoms with Crippen LogP contribution < -0.4 is 5.73 Å². The normalized spacial score (nSPS) is 43.0. The van der Waals surface area contributed by atoms with Gasteiger partial charge in [-0.1, -0.05) is 13.8 Å². The van der Waals surface area contributed by atoms with Gasteiger partial charge in [-0.15, -0.1) is 0 Å². The van der Waals surface area contributed by atoms with Crippen LogP contribution in [0.25, 0.3) is 0 Å². The van der Waals surface area contributed by atoms with Crippen LogP contribution in [-0.2, 0) is 4.74 Å². The monoisotopic (exact) mass is 254 g/mol. The van der Waals surface area contributed by atoms with Crippen LogP contribution in [0.3, 0.4) is 0 Å². The Labute approximate surface area is 112 Å². The Morgan fingerprint density at radius 2 is 2.11 bits per heavy atom. The first-order valence-corrected chi connectivity index (χ1v) is 7.69. The number of hydrogen-bond donors (Lipinski definition) is 1. The number of likely N-dealkylation sites (tertiary alicyclic amines) is 1. The minimum Gasteiger partial charge on any atom is -0.378 e. The molecule has 2 N–H and O–H groups in total. The lowest BCUT2D eigenvalue weighted by atomic mass is 9.80. The van der Waals surface area contributed by atoms with Crippen molar-refractivity contribution >= 4 is 0 Å². The topological polar surface area (TPSA) is 38.5 Å². The first-order chi connectivity index (χ1) is 8.61. The molecule has 0 bridgehead atoms. The van der Waals surface area contributed by atoms with Crippen LogP contribution in [0.2, 0.25) is 0 Å². The van der Waals surface area contributed by atoms with Gasteiger partial charge in [0.25, 0.3) is 0 Å². The Balaban J connectivity index is 2.14. The van der Waals surface area contributed by atoms with E-state index in [4.69, 9.17) is 10.5 Å². The van der Waals surface area contributed by atoms with E-state index in [0.717, 1.165) is 38.3 Å². The molecule has 0 radical (unpaired) electrons. The molecule has 0 aromatic carbocycles. The molecule has 2 heterocycles. The first-order valence-electron chi connectivity index (χ1n) is 7.69. The van der Waals surface area contributed by atoms with Crippen LogP contribution in [0.15, 0.2) is 0 Å². The fourth-order valence-electron chi connectivity index (χ4n) is 3.78. The van der Waals surface area contributed by atoms with Gasteiger partial charge in [0.2, 0.25) is 0 Å². The molecule has 4 unspecified atom stereocenters. The number of piperidine rings is 1. The van der Waals surface area contributed by atoms with E-state index in [2.05, 4.69) is 25.7 Å². The Bertz CT molecular complexity index is 271. The second-order valence-corrected chi connectivity index (χ2v) is 6.47. The van der Waals surface area contributed by atoms with Crippen LogP contribution >= 0.6 is 0 Å². The second kappa shape index (κ2) is 5.89. The molecule has 4 atom stereocenters. The summed E-state index contributed by atoms with van der Waals surface area (Å²) in [6.07, 6.45) is 6.44. The largest absolute Gasteiger partial charge is 0.378 e. The van der Waals surface area contributed by atoms with Crippen molar-refractivity contribution in [1.82, 2.24) is 4.90 Å². The summed E-state index contributed by atoms with van der Waals surface area (Å²) in [4.78, 5) is 2.71. The maximum Gasteiger partial charge on any atom is 0.0590 e. The van der Waals surface area contributed by atoms with Crippen LogP contribution in [-0.4, -0.2) is 42.3 Å². The fraction of sp³-hybridized carbons (Fsp3) is 1.00. The van der Waals surface area contributed by atoms with Gasteiger partial charge in [-0.2, -0.15) is 0 Å². The van der Waals surface area contributed by atoms with Gasteiger partial charge in [0, 0.05) is 31.3 Å². The van der Waals surface area contributed by atoms with Crippen molar-refractivity contribution in [3.05, 3.63) is 0 Å². The van der Waals surface area contributed by atoms with E-state index in [9.17, 15) is 0 Å². The molecular formula is C15H30N2O. The Hall–Kier alpha value is -0.120. The van der Waals surface area contributed by atoms with Crippen molar-refractivity contribution in [2.45, 2.75) is 70.6 Å². The number of rotatable bonds is 3. The molecule has 2 rings (SSSR count). The van der Waals surface area contributed by atoms with Gasteiger partial charge in [-0.3, -0.25) is 4.90 Å². The van der Waals surface area contributed by atoms with E-state index < -0.39 is 0 Å². The second-order valence-electron chi connectivity index (χ2n) is 6.47. The maximum absolute atomic E-state index is 6.20. The average Bonchev–Trinajstić information content (AvgIpc) is 2.41. The molecule has 3 nitrogen and oxygen atoms in total. The average molecular weight is 254 g/mol. The first kappa shape index (κ1) is 14.3. The highest BCUT2D eigenvalue weighted by Crippen LogP contribution is 2.36. The summed E-state index contributed by atoms with van der Waals surface area (Å²) in [7, 11) is 0. The summed E-state index contributed by atoms with van der Waals surface area (Å²) in [5, 5.41) is 0. The highest BCUT2D eigenvalue weighted by Gasteiger charge is 2.43. The summed E-state index contributed by atoms with van der Waals surface area (Å²) in [5.74, 6) is 0.813. The quantitative estimate of drug-likeness (QED) is 0.840. The van der Waals surface area contributed by atoms with Gasteiger partial charge in [0.05, 0.1) is 6.10 Å². The molecule has 18 heavy (non-hydrogen) atoms. The molecule has 2 aliphatic rings. The number of hydrogen-bond acceptors (Lipinski definition) is 3. The zero-order valence-electron chi connectivity index (χ0n) is 12.3. The molecule has 0 aromatic heterocycles. The van der Waals surface area contributed by atoms with E-state index in [1.807, 2.05) is 0 Å². The van der Waals surface area contributed by atoms with Crippen molar-refractivity contribution in [2.75, 3.05) is 19.7 Å². The zero-order valence-corrected chi connectivity index (χ0v) is 12.3. The van der Waals surface area contributed by atoms with Crippen LogP contribution in [0.5, 0.6) is 0 Å². The van der Waals surface area contributed by atoms with Crippen molar-refractivity contribution in [2.24, 2.45) is 11.7 Å². The zero-order chi connectivity index (χ0) is 13.2. The fourth-order valence-corrected chi connectivity index (χ4v) is 3.78. The Kier molecular flexibility index (Phi) is 4.68. The maximum atomic E-state index is 6.20. The van der Waals surface area contributed by atoms with Gasteiger partial charge in [-0.05, 0) is 44.9 Å². The van der Waals surface area contributed by atoms with E-state index >= 15 is 0 Å². The molecular weight excluding hydrogens is 224 g/mol. The predicted octanol–water partition coefficient (Wildman–Crippen LogP) is 2.39. The number of nitrogens with two attached hydrogens (primary N) is 1. The predicted molar refractivity (Wildman–Crippen MR) is 75.6 cm³/mol. The number of ether oxygens (including phenoxy) is 1. The van der Waals surface area contributed by atoms with Gasteiger partial charge in [0.15, 0.2) is 0 Å². The van der Waals surface area contributed by atoms with E-state index in [-0.39, 0.29) is 5.54 Å². The summed E-state index contributed by atoms with van der Waals surface area (Å²) < 4.78 is 5.85. The molecule has 106 valence electrons. The Morgan fingerprint density at radius 1 is 1.33 bits per heavy atom. The lowest BCUT2D eigenvalue weighted by molar-refractivity contribution is -0.0952. The van der Waals surface area contributed by atoms with Crippen LogP contribution in [0, 0.1) is 5.92 Å².